The van der Waals surface area contributed by atoms with Gasteiger partial charge in [0.2, 0.25) is 5.91 Å². The van der Waals surface area contributed by atoms with Crippen LogP contribution in [-0.4, -0.2) is 23.9 Å². The summed E-state index contributed by atoms with van der Waals surface area (Å²) < 4.78 is 0. The molecule has 0 aliphatic carbocycles. The van der Waals surface area contributed by atoms with Gasteiger partial charge in [0, 0.05) is 18.1 Å². The van der Waals surface area contributed by atoms with Crippen LogP contribution in [-0.2, 0) is 11.2 Å². The van der Waals surface area contributed by atoms with Crippen LogP contribution in [0.1, 0.15) is 31.7 Å². The first-order valence-corrected chi connectivity index (χ1v) is 7.05. The summed E-state index contributed by atoms with van der Waals surface area (Å²) in [5, 5.41) is 0.717. The maximum absolute atomic E-state index is 12.2. The molecule has 1 fully saturated rings. The predicted octanol–water partition coefficient (Wildman–Crippen LogP) is 3.53. The van der Waals surface area contributed by atoms with Crippen LogP contribution in [0.15, 0.2) is 24.3 Å². The van der Waals surface area contributed by atoms with Gasteiger partial charge in [-0.05, 0) is 42.9 Å². The van der Waals surface area contributed by atoms with E-state index in [1.165, 1.54) is 6.42 Å². The third kappa shape index (κ3) is 3.74. The Morgan fingerprint density at radius 2 is 2.00 bits per heavy atom. The summed E-state index contributed by atoms with van der Waals surface area (Å²) in [6, 6.07) is 7.55. The first kappa shape index (κ1) is 13.4. The van der Waals surface area contributed by atoms with Crippen molar-refractivity contribution in [3.05, 3.63) is 34.9 Å². The summed E-state index contributed by atoms with van der Waals surface area (Å²) >= 11 is 5.84. The quantitative estimate of drug-likeness (QED) is 0.801. The largest absolute Gasteiger partial charge is 0.342 e. The number of carbonyl (C=O) groups excluding carboxylic acids is 1. The van der Waals surface area contributed by atoms with Crippen LogP contribution in [0.2, 0.25) is 5.02 Å². The van der Waals surface area contributed by atoms with Crippen molar-refractivity contribution in [3.63, 3.8) is 0 Å². The Balaban J connectivity index is 1.92. The summed E-state index contributed by atoms with van der Waals surface area (Å²) in [6.07, 6.45) is 4.00. The molecule has 1 saturated heterocycles. The topological polar surface area (TPSA) is 20.3 Å². The standard InChI is InChI=1S/C15H20ClNO/c1-12-3-2-9-17(10-8-12)15(18)11-13-4-6-14(16)7-5-13/h4-7,12H,2-3,8-11H2,1H3. The number of hydrogen-bond acceptors (Lipinski definition) is 1. The molecular weight excluding hydrogens is 246 g/mol. The monoisotopic (exact) mass is 265 g/mol. The van der Waals surface area contributed by atoms with Gasteiger partial charge in [-0.15, -0.1) is 0 Å². The van der Waals surface area contributed by atoms with Crippen LogP contribution in [0.4, 0.5) is 0 Å². The normalized spacial score (nSPS) is 20.6. The van der Waals surface area contributed by atoms with Gasteiger partial charge in [0.1, 0.15) is 0 Å². The van der Waals surface area contributed by atoms with E-state index in [2.05, 4.69) is 6.92 Å². The molecule has 1 atom stereocenters. The highest BCUT2D eigenvalue weighted by molar-refractivity contribution is 6.30. The molecule has 1 aliphatic rings. The zero-order chi connectivity index (χ0) is 13.0. The van der Waals surface area contributed by atoms with Gasteiger partial charge in [-0.3, -0.25) is 4.79 Å². The van der Waals surface area contributed by atoms with Gasteiger partial charge in [0.05, 0.1) is 6.42 Å². The minimum Gasteiger partial charge on any atom is -0.342 e. The second kappa shape index (κ2) is 6.24. The first-order chi connectivity index (χ1) is 8.65. The molecule has 0 radical (unpaired) electrons. The van der Waals surface area contributed by atoms with Crippen LogP contribution in [0.25, 0.3) is 0 Å². The zero-order valence-corrected chi connectivity index (χ0v) is 11.6. The highest BCUT2D eigenvalue weighted by Gasteiger charge is 2.18. The lowest BCUT2D eigenvalue weighted by atomic mass is 10.0. The minimum atomic E-state index is 0.242. The number of hydrogen-bond donors (Lipinski definition) is 0. The molecule has 2 nitrogen and oxygen atoms in total. The highest BCUT2D eigenvalue weighted by atomic mass is 35.5. The van der Waals surface area contributed by atoms with Crippen LogP contribution in [0.5, 0.6) is 0 Å². The number of likely N-dealkylation sites (tertiary alicyclic amines) is 1. The second-order valence-corrected chi connectivity index (χ2v) is 5.66. The highest BCUT2D eigenvalue weighted by Crippen LogP contribution is 2.17. The third-order valence-electron chi connectivity index (χ3n) is 3.64. The Labute approximate surface area is 114 Å². The molecule has 0 aromatic heterocycles. The number of benzene rings is 1. The Bertz CT molecular complexity index is 401. The maximum atomic E-state index is 12.2. The van der Waals surface area contributed by atoms with Crippen molar-refractivity contribution in [2.75, 3.05) is 13.1 Å². The molecule has 1 unspecified atom stereocenters. The van der Waals surface area contributed by atoms with E-state index in [4.69, 9.17) is 11.6 Å². The van der Waals surface area contributed by atoms with Crippen LogP contribution >= 0.6 is 11.6 Å². The molecule has 2 rings (SSSR count). The molecule has 1 aromatic rings. The van der Waals surface area contributed by atoms with E-state index >= 15 is 0 Å². The molecule has 98 valence electrons. The van der Waals surface area contributed by atoms with Crippen molar-refractivity contribution in [1.29, 1.82) is 0 Å². The zero-order valence-electron chi connectivity index (χ0n) is 10.9. The van der Waals surface area contributed by atoms with Gasteiger partial charge in [0.25, 0.3) is 0 Å². The molecule has 0 spiro atoms. The molecular formula is C15H20ClNO. The smallest absolute Gasteiger partial charge is 0.226 e. The van der Waals surface area contributed by atoms with Gasteiger partial charge in [-0.2, -0.15) is 0 Å². The molecule has 3 heteroatoms. The molecule has 0 bridgehead atoms. The molecule has 1 aromatic carbocycles. The van der Waals surface area contributed by atoms with Crippen LogP contribution < -0.4 is 0 Å². The minimum absolute atomic E-state index is 0.242. The van der Waals surface area contributed by atoms with E-state index in [9.17, 15) is 4.79 Å². The molecule has 1 heterocycles. The van der Waals surface area contributed by atoms with E-state index in [0.717, 1.165) is 42.4 Å². The Morgan fingerprint density at radius 1 is 1.28 bits per heavy atom. The van der Waals surface area contributed by atoms with Crippen molar-refractivity contribution < 1.29 is 4.79 Å². The van der Waals surface area contributed by atoms with Crippen molar-refractivity contribution in [3.8, 4) is 0 Å². The molecule has 18 heavy (non-hydrogen) atoms. The van der Waals surface area contributed by atoms with Crippen molar-refractivity contribution >= 4 is 17.5 Å². The average molecular weight is 266 g/mol. The van der Waals surface area contributed by atoms with Gasteiger partial charge < -0.3 is 4.90 Å². The van der Waals surface area contributed by atoms with Gasteiger partial charge in [0.15, 0.2) is 0 Å². The van der Waals surface area contributed by atoms with E-state index in [1.54, 1.807) is 0 Å². The number of halogens is 1. The lowest BCUT2D eigenvalue weighted by Crippen LogP contribution is -2.33. The molecule has 0 saturated carbocycles. The lowest BCUT2D eigenvalue weighted by molar-refractivity contribution is -0.130. The Morgan fingerprint density at radius 3 is 2.72 bits per heavy atom. The van der Waals surface area contributed by atoms with Gasteiger partial charge >= 0.3 is 0 Å². The SMILES string of the molecule is CC1CCCN(C(=O)Cc2ccc(Cl)cc2)CC1. The Kier molecular flexibility index (Phi) is 4.65. The fourth-order valence-electron chi connectivity index (χ4n) is 2.40. The van der Waals surface area contributed by atoms with Crippen molar-refractivity contribution in [2.24, 2.45) is 5.92 Å². The number of carbonyl (C=O) groups is 1. The first-order valence-electron chi connectivity index (χ1n) is 6.67. The third-order valence-corrected chi connectivity index (χ3v) is 3.89. The van der Waals surface area contributed by atoms with Crippen LogP contribution in [0, 0.1) is 5.92 Å². The molecule has 1 aliphatic heterocycles. The number of amides is 1. The van der Waals surface area contributed by atoms with E-state index < -0.39 is 0 Å². The summed E-state index contributed by atoms with van der Waals surface area (Å²) in [4.78, 5) is 14.2. The predicted molar refractivity (Wildman–Crippen MR) is 74.8 cm³/mol. The summed E-state index contributed by atoms with van der Waals surface area (Å²) in [7, 11) is 0. The molecule has 1 amide bonds. The van der Waals surface area contributed by atoms with Crippen molar-refractivity contribution in [2.45, 2.75) is 32.6 Å². The maximum Gasteiger partial charge on any atom is 0.226 e. The van der Waals surface area contributed by atoms with Gasteiger partial charge in [-0.25, -0.2) is 0 Å². The fraction of sp³-hybridized carbons (Fsp3) is 0.533. The average Bonchev–Trinajstić information content (AvgIpc) is 2.57. The number of rotatable bonds is 2. The summed E-state index contributed by atoms with van der Waals surface area (Å²) in [5.74, 6) is 0.991. The lowest BCUT2D eigenvalue weighted by Gasteiger charge is -2.20. The van der Waals surface area contributed by atoms with Gasteiger partial charge in [-0.1, -0.05) is 30.7 Å². The van der Waals surface area contributed by atoms with E-state index in [-0.39, 0.29) is 5.91 Å². The fourth-order valence-corrected chi connectivity index (χ4v) is 2.53. The van der Waals surface area contributed by atoms with E-state index in [1.807, 2.05) is 29.2 Å². The van der Waals surface area contributed by atoms with E-state index in [0.29, 0.717) is 6.42 Å². The van der Waals surface area contributed by atoms with Crippen LogP contribution in [0.3, 0.4) is 0 Å². The Hall–Kier alpha value is -1.02. The molecule has 0 N–H and O–H groups in total. The second-order valence-electron chi connectivity index (χ2n) is 5.22. The summed E-state index contributed by atoms with van der Waals surface area (Å²) in [5.41, 5.74) is 1.04. The number of nitrogens with zero attached hydrogens (tertiary/aromatic N) is 1. The van der Waals surface area contributed by atoms with Crippen molar-refractivity contribution in [1.82, 2.24) is 4.90 Å². The summed E-state index contributed by atoms with van der Waals surface area (Å²) in [6.45, 7) is 4.09.